The van der Waals surface area contributed by atoms with Crippen LogP contribution in [0.5, 0.6) is 0 Å². The topological polar surface area (TPSA) is 152 Å². The Labute approximate surface area is 256 Å². The van der Waals surface area contributed by atoms with Crippen LogP contribution >= 0.6 is 0 Å². The maximum atomic E-state index is 13.0. The van der Waals surface area contributed by atoms with Gasteiger partial charge in [0.05, 0.1) is 37.0 Å². The second kappa shape index (κ2) is 22.2. The van der Waals surface area contributed by atoms with Gasteiger partial charge >= 0.3 is 6.09 Å². The first-order valence-electron chi connectivity index (χ1n) is 14.9. The van der Waals surface area contributed by atoms with E-state index in [-0.39, 0.29) is 30.4 Å². The molecule has 1 aromatic carbocycles. The van der Waals surface area contributed by atoms with Gasteiger partial charge in [0.25, 0.3) is 11.8 Å². The Morgan fingerprint density at radius 1 is 1.00 bits per heavy atom. The fourth-order valence-corrected chi connectivity index (χ4v) is 3.86. The highest BCUT2D eigenvalue weighted by molar-refractivity contribution is 6.23. The first-order chi connectivity index (χ1) is 20.5. The molecule has 1 unspecified atom stereocenters. The number of imide groups is 1. The second-order valence-electron chi connectivity index (χ2n) is 10.2. The summed E-state index contributed by atoms with van der Waals surface area (Å²) in [4.78, 5) is 60.6. The molecule has 2 rings (SSSR count). The van der Waals surface area contributed by atoms with Crippen LogP contribution in [0, 0.1) is 0 Å². The van der Waals surface area contributed by atoms with Gasteiger partial charge < -0.3 is 35.0 Å². The molecule has 1 atom stereocenters. The predicted molar refractivity (Wildman–Crippen MR) is 165 cm³/mol. The van der Waals surface area contributed by atoms with Crippen LogP contribution < -0.4 is 16.0 Å². The van der Waals surface area contributed by atoms with Crippen LogP contribution in [0.25, 0.3) is 0 Å². The van der Waals surface area contributed by atoms with E-state index in [1.54, 1.807) is 12.1 Å². The molecule has 0 aliphatic carbocycles. The number of benzene rings is 1. The second-order valence-corrected chi connectivity index (χ2v) is 10.2. The summed E-state index contributed by atoms with van der Waals surface area (Å²) >= 11 is 0. The maximum Gasteiger partial charge on any atom is 0.407 e. The van der Waals surface area contributed by atoms with E-state index < -0.39 is 17.9 Å². The molecule has 0 bridgehead atoms. The number of carbonyl (C=O) groups excluding carboxylic acids is 5. The molecule has 0 aromatic heterocycles. The molecular weight excluding hydrogens is 556 g/mol. The quantitative estimate of drug-likeness (QED) is 0.146. The number of hydrogen-bond donors (Lipinski definition) is 3. The van der Waals surface area contributed by atoms with Crippen molar-refractivity contribution in [3.63, 3.8) is 0 Å². The van der Waals surface area contributed by atoms with Gasteiger partial charge in [-0.05, 0) is 65.6 Å². The molecule has 0 spiro atoms. The molecule has 1 heterocycles. The Morgan fingerprint density at radius 3 is 2.21 bits per heavy atom. The van der Waals surface area contributed by atoms with Crippen molar-refractivity contribution in [3.8, 4) is 0 Å². The van der Waals surface area contributed by atoms with Crippen molar-refractivity contribution in [2.24, 2.45) is 0 Å². The van der Waals surface area contributed by atoms with Crippen LogP contribution in [0.1, 0.15) is 87.1 Å². The zero-order valence-corrected chi connectivity index (χ0v) is 27.2. The molecule has 0 saturated heterocycles. The largest absolute Gasteiger partial charge is 0.444 e. The molecular formula is C31H52N4O8. The first-order valence-corrected chi connectivity index (χ1v) is 14.9. The van der Waals surface area contributed by atoms with Gasteiger partial charge in [-0.15, -0.1) is 0 Å². The van der Waals surface area contributed by atoms with Gasteiger partial charge in [-0.3, -0.25) is 19.3 Å². The van der Waals surface area contributed by atoms with Crippen molar-refractivity contribution in [2.75, 3.05) is 53.6 Å². The van der Waals surface area contributed by atoms with Gasteiger partial charge in [0.1, 0.15) is 11.9 Å². The normalized spacial score (nSPS) is 12.7. The summed E-state index contributed by atoms with van der Waals surface area (Å²) in [5.41, 5.74) is 1.00. The van der Waals surface area contributed by atoms with Gasteiger partial charge in [-0.25, -0.2) is 4.79 Å². The van der Waals surface area contributed by atoms with Gasteiger partial charge in [-0.2, -0.15) is 0 Å². The summed E-state index contributed by atoms with van der Waals surface area (Å²) in [5, 5.41) is 8.00. The predicted octanol–water partition coefficient (Wildman–Crippen LogP) is 3.12. The Hall–Kier alpha value is -3.35. The molecule has 4 amide bonds. The highest BCUT2D eigenvalue weighted by atomic mass is 16.6. The third-order valence-corrected chi connectivity index (χ3v) is 5.79. The number of carbonyl (C=O) groups is 5. The van der Waals surface area contributed by atoms with Crippen LogP contribution in [0.2, 0.25) is 0 Å². The first kappa shape index (κ1) is 39.6. The minimum Gasteiger partial charge on any atom is -0.444 e. The van der Waals surface area contributed by atoms with Crippen LogP contribution in [-0.4, -0.2) is 100 Å². The van der Waals surface area contributed by atoms with Crippen molar-refractivity contribution in [2.45, 2.75) is 78.9 Å². The molecule has 12 nitrogen and oxygen atoms in total. The highest BCUT2D eigenvalue weighted by Gasteiger charge is 2.41. The Balaban J connectivity index is 0.00000124. The van der Waals surface area contributed by atoms with E-state index in [1.807, 2.05) is 54.7 Å². The average Bonchev–Trinajstić information content (AvgIpc) is 3.23. The molecule has 0 fully saturated rings. The summed E-state index contributed by atoms with van der Waals surface area (Å²) in [6, 6.07) is 4.18. The van der Waals surface area contributed by atoms with E-state index in [2.05, 4.69) is 16.0 Å². The molecule has 244 valence electrons. The molecule has 12 heteroatoms. The standard InChI is InChI=1S/C22H31N3O6.C7H15NO2.C2H6/c1-23-10-12-31-14-13-30-11-4-6-16-5-3-7-18-20(16)22(29)25(21(18)28)17(15-26)8-9-19(27)24-2;1-5-8-6(9)10-7(2,3)4;1-2/h3,5,7,15,17,23H,4,6,8-14H2,1-2H3,(H,24,27);5H2,1-4H3,(H,8,9);1-2H3. The Morgan fingerprint density at radius 2 is 1.65 bits per heavy atom. The zero-order chi connectivity index (χ0) is 32.8. The van der Waals surface area contributed by atoms with Crippen LogP contribution in [0.15, 0.2) is 18.2 Å². The van der Waals surface area contributed by atoms with Gasteiger partial charge in [0.15, 0.2) is 0 Å². The maximum absolute atomic E-state index is 13.0. The molecule has 1 aliphatic rings. The van der Waals surface area contributed by atoms with E-state index in [9.17, 15) is 24.0 Å². The number of fused-ring (bicyclic) bond motifs is 1. The summed E-state index contributed by atoms with van der Waals surface area (Å²) in [7, 11) is 3.36. The number of rotatable bonds is 16. The minimum atomic E-state index is -0.969. The SMILES string of the molecule is CC.CCNC(=O)OC(C)(C)C.CNCCOCCOCCCc1cccc2c1C(=O)N(C(C=O)CCC(=O)NC)C2=O. The fraction of sp³-hybridized carbons (Fsp3) is 0.645. The number of likely N-dealkylation sites (N-methyl/N-ethyl adjacent to an activating group) is 1. The van der Waals surface area contributed by atoms with E-state index in [0.717, 1.165) is 17.0 Å². The number of aryl methyl sites for hydroxylation is 1. The molecule has 3 N–H and O–H groups in total. The molecule has 1 aromatic rings. The molecule has 0 saturated carbocycles. The van der Waals surface area contributed by atoms with Crippen molar-refractivity contribution in [1.82, 2.24) is 20.9 Å². The smallest absolute Gasteiger partial charge is 0.407 e. The summed E-state index contributed by atoms with van der Waals surface area (Å²) in [6.07, 6.45) is 1.60. The van der Waals surface area contributed by atoms with E-state index in [4.69, 9.17) is 14.2 Å². The van der Waals surface area contributed by atoms with Gasteiger partial charge in [-0.1, -0.05) is 26.0 Å². The van der Waals surface area contributed by atoms with Crippen LogP contribution in [-0.2, 0) is 30.2 Å². The van der Waals surface area contributed by atoms with E-state index in [0.29, 0.717) is 63.2 Å². The summed E-state index contributed by atoms with van der Waals surface area (Å²) in [5.74, 6) is -1.23. The number of alkyl carbamates (subject to hydrolysis) is 1. The monoisotopic (exact) mass is 608 g/mol. The molecule has 43 heavy (non-hydrogen) atoms. The van der Waals surface area contributed by atoms with Crippen LogP contribution in [0.4, 0.5) is 4.79 Å². The summed E-state index contributed by atoms with van der Waals surface area (Å²) < 4.78 is 15.9. The van der Waals surface area contributed by atoms with Gasteiger partial charge in [0, 0.05) is 33.2 Å². The number of amides is 4. The number of nitrogens with one attached hydrogen (secondary N) is 3. The lowest BCUT2D eigenvalue weighted by Crippen LogP contribution is -2.41. The van der Waals surface area contributed by atoms with Crippen molar-refractivity contribution in [3.05, 3.63) is 34.9 Å². The Kier molecular flexibility index (Phi) is 20.5. The van der Waals surface area contributed by atoms with E-state index in [1.165, 1.54) is 7.05 Å². The lowest BCUT2D eigenvalue weighted by molar-refractivity contribution is -0.121. The molecule has 0 radical (unpaired) electrons. The number of ether oxygens (including phenoxy) is 3. The summed E-state index contributed by atoms with van der Waals surface area (Å²) in [6.45, 7) is 14.9. The third-order valence-electron chi connectivity index (χ3n) is 5.79. The van der Waals surface area contributed by atoms with Crippen LogP contribution in [0.3, 0.4) is 0 Å². The zero-order valence-electron chi connectivity index (χ0n) is 27.2. The van der Waals surface area contributed by atoms with Crippen molar-refractivity contribution in [1.29, 1.82) is 0 Å². The number of nitrogens with zero attached hydrogens (tertiary/aromatic N) is 1. The van der Waals surface area contributed by atoms with Crippen molar-refractivity contribution < 1.29 is 38.2 Å². The van der Waals surface area contributed by atoms with Gasteiger partial charge in [0.2, 0.25) is 5.91 Å². The molecule has 1 aliphatic heterocycles. The average molecular weight is 609 g/mol. The third kappa shape index (κ3) is 15.1. The minimum absolute atomic E-state index is 0.0518. The highest BCUT2D eigenvalue weighted by Crippen LogP contribution is 2.29. The van der Waals surface area contributed by atoms with Crippen molar-refractivity contribution >= 4 is 30.1 Å². The fourth-order valence-electron chi connectivity index (χ4n) is 3.86. The van der Waals surface area contributed by atoms with E-state index >= 15 is 0 Å². The lowest BCUT2D eigenvalue weighted by Gasteiger charge is -2.21. The Bertz CT molecular complexity index is 1010. The number of aldehydes is 1. The lowest BCUT2D eigenvalue weighted by atomic mass is 9.99. The number of hydrogen-bond acceptors (Lipinski definition) is 9.